The first-order valence-electron chi connectivity index (χ1n) is 3.13. The second-order valence-electron chi connectivity index (χ2n) is 2.44. The van der Waals surface area contributed by atoms with E-state index in [1.807, 2.05) is 0 Å². The molecule has 0 bridgehead atoms. The number of rotatable bonds is 5. The Bertz CT molecular complexity index is 238. The van der Waals surface area contributed by atoms with Crippen molar-refractivity contribution < 1.29 is 34.8 Å². The number of carboxylic acid groups (broad SMARTS) is 3. The first kappa shape index (κ1) is 20.0. The van der Waals surface area contributed by atoms with Crippen LogP contribution in [0.1, 0.15) is 12.8 Å². The topological polar surface area (TPSA) is 138 Å². The minimum Gasteiger partial charge on any atom is -0.550 e. The predicted octanol–water partition coefficient (Wildman–Crippen LogP) is -4.24. The molecule has 0 spiro atoms. The molecule has 2 atom stereocenters. The molecule has 0 aliphatic heterocycles. The van der Waals surface area contributed by atoms with Crippen LogP contribution in [0.3, 0.4) is 0 Å². The molecule has 9 heteroatoms. The second kappa shape index (κ2) is 7.81. The average Bonchev–Trinajstić information content (AvgIpc) is 1.82. The molecule has 0 saturated heterocycles. The van der Waals surface area contributed by atoms with Crippen molar-refractivity contribution in [1.82, 2.24) is 0 Å². The molecule has 82 valence electrons. The van der Waals surface area contributed by atoms with Gasteiger partial charge >= 0.3 is 29.0 Å². The summed E-state index contributed by atoms with van der Waals surface area (Å²) in [6.07, 6.45) is -2.56. The fourth-order valence-corrected chi connectivity index (χ4v) is 0.696. The van der Waals surface area contributed by atoms with Gasteiger partial charge in [-0.2, -0.15) is 9.90 Å². The van der Waals surface area contributed by atoms with Crippen LogP contribution in [0.4, 0.5) is 0 Å². The van der Waals surface area contributed by atoms with Gasteiger partial charge in [0.2, 0.25) is 0 Å². The van der Waals surface area contributed by atoms with E-state index in [-0.39, 0.29) is 33.0 Å². The Morgan fingerprint density at radius 1 is 1.13 bits per heavy atom. The molecule has 0 amide bonds. The third-order valence-corrected chi connectivity index (χ3v) is 1.26. The molecule has 7 nitrogen and oxygen atoms in total. The van der Waals surface area contributed by atoms with Gasteiger partial charge in [0.05, 0.1) is 12.4 Å². The quantitative estimate of drug-likeness (QED) is 0.371. The average molecular weight is 248 g/mol. The van der Waals surface area contributed by atoms with Crippen LogP contribution in [0, 0.1) is 0 Å². The van der Waals surface area contributed by atoms with Crippen molar-refractivity contribution in [3.05, 3.63) is 0 Å². The first-order valence-corrected chi connectivity index (χ1v) is 3.13. The summed E-state index contributed by atoms with van der Waals surface area (Å²) in [6.45, 7) is 0. The van der Waals surface area contributed by atoms with E-state index < -0.39 is 36.4 Å². The van der Waals surface area contributed by atoms with Gasteiger partial charge in [0.15, 0.2) is 0 Å². The number of aliphatic carboxylic acids is 3. The summed E-state index contributed by atoms with van der Waals surface area (Å²) in [4.78, 5) is 30.2. The van der Waals surface area contributed by atoms with Crippen LogP contribution < -0.4 is 10.2 Å². The Morgan fingerprint density at radius 2 is 1.53 bits per heavy atom. The van der Waals surface area contributed by atoms with Crippen molar-refractivity contribution in [3.8, 4) is 0 Å². The van der Waals surface area contributed by atoms with E-state index >= 15 is 0 Å². The van der Waals surface area contributed by atoms with Gasteiger partial charge < -0.3 is 30.0 Å². The van der Waals surface area contributed by atoms with Crippen LogP contribution in [0.2, 0.25) is 0 Å². The molecule has 2 unspecified atom stereocenters. The minimum absolute atomic E-state index is 0. The zero-order valence-electron chi connectivity index (χ0n) is 7.76. The van der Waals surface area contributed by atoms with Crippen molar-refractivity contribution in [3.63, 3.8) is 0 Å². The summed E-state index contributed by atoms with van der Waals surface area (Å²) in [5, 5.41) is 37.2. The molecule has 0 saturated carbocycles. The molecule has 0 heterocycles. The number of carbonyl (C=O) groups excluding carboxylic acids is 2. The van der Waals surface area contributed by atoms with Gasteiger partial charge in [-0.05, 0) is 0 Å². The van der Waals surface area contributed by atoms with E-state index in [1.54, 1.807) is 0 Å². The second-order valence-corrected chi connectivity index (χ2v) is 2.44. The van der Waals surface area contributed by atoms with Gasteiger partial charge in [-0.3, -0.25) is 4.79 Å². The van der Waals surface area contributed by atoms with Gasteiger partial charge in [0.1, 0.15) is 5.60 Å². The van der Waals surface area contributed by atoms with Gasteiger partial charge in [-0.1, -0.05) is 0 Å². The molecular formula is C6H9MgO7P. The Morgan fingerprint density at radius 3 is 1.73 bits per heavy atom. The van der Waals surface area contributed by atoms with E-state index in [4.69, 9.17) is 10.2 Å². The van der Waals surface area contributed by atoms with Crippen LogP contribution in [0.5, 0.6) is 0 Å². The Kier molecular flexibility index (Phi) is 10.4. The standard InChI is InChI=1S/C6H8O7.Mg.H3P/c7-3(8)1-6(13,5(11)12)2-4(9)10;;/h13H,1-2H2,(H,7,8)(H,9,10)(H,11,12);;1H3/q;+2;/p-2. The fraction of sp³-hybridized carbons (Fsp3) is 0.500. The molecule has 0 fully saturated rings. The van der Waals surface area contributed by atoms with Crippen LogP contribution in [0.15, 0.2) is 0 Å². The molecule has 0 aliphatic rings. The number of hydrogen-bond donors (Lipinski definition) is 2. The van der Waals surface area contributed by atoms with Crippen molar-refractivity contribution in [1.29, 1.82) is 0 Å². The summed E-state index contributed by atoms with van der Waals surface area (Å²) >= 11 is 0. The van der Waals surface area contributed by atoms with Crippen molar-refractivity contribution in [2.75, 3.05) is 0 Å². The number of carboxylic acids is 3. The molecule has 0 aromatic carbocycles. The van der Waals surface area contributed by atoms with E-state index in [0.29, 0.717) is 0 Å². The monoisotopic (exact) mass is 248 g/mol. The molecule has 0 rings (SSSR count). The van der Waals surface area contributed by atoms with Crippen LogP contribution >= 0.6 is 9.90 Å². The maximum absolute atomic E-state index is 10.2. The summed E-state index contributed by atoms with van der Waals surface area (Å²) in [5.41, 5.74) is -2.91. The van der Waals surface area contributed by atoms with E-state index in [9.17, 15) is 24.6 Å². The number of carbonyl (C=O) groups is 3. The molecule has 0 aromatic heterocycles. The Balaban J connectivity index is -0.000000720. The maximum Gasteiger partial charge on any atom is 2.00 e. The Labute approximate surface area is 104 Å². The van der Waals surface area contributed by atoms with Crippen molar-refractivity contribution in [2.45, 2.75) is 18.4 Å². The van der Waals surface area contributed by atoms with Crippen LogP contribution in [0.25, 0.3) is 0 Å². The minimum atomic E-state index is -2.91. The normalized spacial score (nSPS) is 12.6. The van der Waals surface area contributed by atoms with Crippen molar-refractivity contribution in [2.24, 2.45) is 0 Å². The molecule has 0 aliphatic carbocycles. The van der Waals surface area contributed by atoms with E-state index in [2.05, 4.69) is 0 Å². The summed E-state index contributed by atoms with van der Waals surface area (Å²) in [6, 6.07) is 0. The molecule has 0 radical (unpaired) electrons. The largest absolute Gasteiger partial charge is 2.00 e. The molecule has 0 aromatic rings. The van der Waals surface area contributed by atoms with Gasteiger partial charge in [-0.25, -0.2) is 0 Å². The van der Waals surface area contributed by atoms with E-state index in [0.717, 1.165) is 0 Å². The van der Waals surface area contributed by atoms with Crippen LogP contribution in [-0.2, 0) is 14.4 Å². The Hall–Kier alpha value is -0.434. The number of hydrogen-bond acceptors (Lipinski definition) is 6. The number of aliphatic hydroxyl groups is 1. The fourth-order valence-electron chi connectivity index (χ4n) is 0.696. The first-order chi connectivity index (χ1) is 5.78. The maximum atomic E-state index is 10.2. The zero-order valence-corrected chi connectivity index (χ0v) is 10.6. The SMILES string of the molecule is O=C([O-])CC(O)(CC(=O)O)C(=O)[O-].P.[Mg+2]. The summed E-state index contributed by atoms with van der Waals surface area (Å²) in [7, 11) is 0. The summed E-state index contributed by atoms with van der Waals surface area (Å²) in [5.74, 6) is -5.67. The third-order valence-electron chi connectivity index (χ3n) is 1.26. The van der Waals surface area contributed by atoms with Crippen LogP contribution in [-0.4, -0.2) is 56.8 Å². The molecule has 15 heavy (non-hydrogen) atoms. The van der Waals surface area contributed by atoms with Gasteiger partial charge in [0.25, 0.3) is 0 Å². The van der Waals surface area contributed by atoms with E-state index in [1.165, 1.54) is 0 Å². The smallest absolute Gasteiger partial charge is 0.550 e. The van der Waals surface area contributed by atoms with Gasteiger partial charge in [0, 0.05) is 12.4 Å². The molecule has 2 N–H and O–H groups in total. The predicted molar refractivity (Wildman–Crippen MR) is 48.7 cm³/mol. The zero-order chi connectivity index (χ0) is 10.6. The third kappa shape index (κ3) is 7.49. The van der Waals surface area contributed by atoms with Gasteiger partial charge in [-0.15, -0.1) is 0 Å². The van der Waals surface area contributed by atoms with Crippen molar-refractivity contribution >= 4 is 50.9 Å². The molecular weight excluding hydrogens is 239 g/mol. The summed E-state index contributed by atoms with van der Waals surface area (Å²) < 4.78 is 0.